The van der Waals surface area contributed by atoms with E-state index in [9.17, 15) is 4.79 Å². The van der Waals surface area contributed by atoms with Gasteiger partial charge in [0.1, 0.15) is 0 Å². The molecule has 0 aliphatic rings. The number of hydrogen-bond acceptors (Lipinski definition) is 4. The number of benzene rings is 3. The van der Waals surface area contributed by atoms with Crippen LogP contribution in [-0.4, -0.2) is 27.2 Å². The van der Waals surface area contributed by atoms with Crippen LogP contribution in [0.25, 0.3) is 11.4 Å². The van der Waals surface area contributed by atoms with Crippen LogP contribution < -0.4 is 5.32 Å². The number of carbonyl (C=O) groups is 1. The zero-order valence-corrected chi connectivity index (χ0v) is 20.8. The van der Waals surface area contributed by atoms with Crippen LogP contribution in [0.4, 0.5) is 0 Å². The van der Waals surface area contributed by atoms with Crippen molar-refractivity contribution in [2.75, 3.05) is 6.54 Å². The minimum Gasteiger partial charge on any atom is -0.352 e. The summed E-state index contributed by atoms with van der Waals surface area (Å²) in [6.45, 7) is 5.47. The topological polar surface area (TPSA) is 59.8 Å². The van der Waals surface area contributed by atoms with Gasteiger partial charge in [0.2, 0.25) is 0 Å². The molecule has 0 atom stereocenters. The summed E-state index contributed by atoms with van der Waals surface area (Å²) in [6, 6.07) is 25.7. The number of hydrogen-bond donors (Lipinski definition) is 1. The van der Waals surface area contributed by atoms with Crippen LogP contribution in [0, 0.1) is 5.92 Å². The molecule has 1 aromatic heterocycles. The van der Waals surface area contributed by atoms with Crippen LogP contribution in [0.3, 0.4) is 0 Å². The van der Waals surface area contributed by atoms with E-state index in [0.717, 1.165) is 27.7 Å². The number of aromatic nitrogens is 3. The van der Waals surface area contributed by atoms with Gasteiger partial charge in [-0.1, -0.05) is 91.8 Å². The number of amides is 1. The highest BCUT2D eigenvalue weighted by Gasteiger charge is 2.17. The molecule has 0 saturated carbocycles. The lowest BCUT2D eigenvalue weighted by Gasteiger charge is -2.12. The smallest absolute Gasteiger partial charge is 0.251 e. The highest BCUT2D eigenvalue weighted by Crippen LogP contribution is 2.31. The molecule has 1 amide bonds. The summed E-state index contributed by atoms with van der Waals surface area (Å²) >= 11 is 8.09. The predicted molar refractivity (Wildman–Crippen MR) is 139 cm³/mol. The van der Waals surface area contributed by atoms with Gasteiger partial charge in [-0.15, -0.1) is 10.2 Å². The Kier molecular flexibility index (Phi) is 8.03. The van der Waals surface area contributed by atoms with E-state index in [1.807, 2.05) is 66.7 Å². The number of nitrogens with zero attached hydrogens (tertiary/aromatic N) is 3. The van der Waals surface area contributed by atoms with Gasteiger partial charge in [0.15, 0.2) is 11.0 Å². The summed E-state index contributed by atoms with van der Waals surface area (Å²) in [7, 11) is 0. The number of halogens is 1. The van der Waals surface area contributed by atoms with Crippen LogP contribution >= 0.6 is 23.4 Å². The van der Waals surface area contributed by atoms with Crippen molar-refractivity contribution in [3.63, 3.8) is 0 Å². The average molecular weight is 491 g/mol. The second-order valence-corrected chi connectivity index (χ2v) is 9.80. The number of carbonyl (C=O) groups excluding carboxylic acids is 1. The maximum Gasteiger partial charge on any atom is 0.251 e. The van der Waals surface area contributed by atoms with Gasteiger partial charge in [0, 0.05) is 23.4 Å². The van der Waals surface area contributed by atoms with Crippen LogP contribution in [0.1, 0.15) is 35.3 Å². The highest BCUT2D eigenvalue weighted by molar-refractivity contribution is 7.98. The van der Waals surface area contributed by atoms with Crippen molar-refractivity contribution >= 4 is 29.3 Å². The molecule has 3 aromatic carbocycles. The molecule has 7 heteroatoms. The lowest BCUT2D eigenvalue weighted by Crippen LogP contribution is -2.27. The van der Waals surface area contributed by atoms with Gasteiger partial charge in [0.25, 0.3) is 5.91 Å². The van der Waals surface area contributed by atoms with Crippen molar-refractivity contribution in [2.24, 2.45) is 5.92 Å². The van der Waals surface area contributed by atoms with Gasteiger partial charge in [-0.2, -0.15) is 0 Å². The molecule has 0 saturated heterocycles. The van der Waals surface area contributed by atoms with E-state index in [2.05, 4.69) is 46.1 Å². The Bertz CT molecular complexity index is 1240. The molecule has 5 nitrogen and oxygen atoms in total. The lowest BCUT2D eigenvalue weighted by atomic mass is 10.1. The minimum absolute atomic E-state index is 0.0418. The van der Waals surface area contributed by atoms with Gasteiger partial charge < -0.3 is 5.32 Å². The Labute approximate surface area is 209 Å². The van der Waals surface area contributed by atoms with Crippen molar-refractivity contribution in [1.82, 2.24) is 20.1 Å². The highest BCUT2D eigenvalue weighted by atomic mass is 35.5. The first-order chi connectivity index (χ1) is 16.5. The van der Waals surface area contributed by atoms with Crippen LogP contribution in [-0.2, 0) is 12.3 Å². The Hall–Kier alpha value is -3.09. The van der Waals surface area contributed by atoms with E-state index in [-0.39, 0.29) is 5.91 Å². The van der Waals surface area contributed by atoms with Gasteiger partial charge in [-0.3, -0.25) is 9.36 Å². The molecule has 1 heterocycles. The Morgan fingerprint density at radius 3 is 2.35 bits per heavy atom. The summed E-state index contributed by atoms with van der Waals surface area (Å²) < 4.78 is 2.11. The third-order valence-corrected chi connectivity index (χ3v) is 6.64. The fourth-order valence-electron chi connectivity index (χ4n) is 3.44. The van der Waals surface area contributed by atoms with Crippen molar-refractivity contribution < 1.29 is 4.79 Å². The third-order valence-electron chi connectivity index (χ3n) is 5.27. The molecule has 1 N–H and O–H groups in total. The van der Waals surface area contributed by atoms with Crippen molar-refractivity contribution in [3.05, 3.63) is 101 Å². The summed E-state index contributed by atoms with van der Waals surface area (Å²) in [4.78, 5) is 12.3. The molecule has 0 unspecified atom stereocenters. The largest absolute Gasteiger partial charge is 0.352 e. The fourth-order valence-corrected chi connectivity index (χ4v) is 4.56. The SMILES string of the molecule is CC(C)CNC(=O)c1ccc(CSc2nnc(-c3ccccc3Cl)n2Cc2ccccc2)cc1. The molecular formula is C27H27ClN4OS. The predicted octanol–water partition coefficient (Wildman–Crippen LogP) is 6.32. The molecule has 0 aliphatic carbocycles. The monoisotopic (exact) mass is 490 g/mol. The maximum absolute atomic E-state index is 12.3. The molecule has 0 aliphatic heterocycles. The van der Waals surface area contributed by atoms with Crippen LogP contribution in [0.2, 0.25) is 5.02 Å². The Balaban J connectivity index is 1.53. The van der Waals surface area contributed by atoms with Gasteiger partial charge in [0.05, 0.1) is 11.6 Å². The first-order valence-corrected chi connectivity index (χ1v) is 12.6. The summed E-state index contributed by atoms with van der Waals surface area (Å²) in [5.41, 5.74) is 3.80. The molecule has 0 spiro atoms. The quantitative estimate of drug-likeness (QED) is 0.279. The van der Waals surface area contributed by atoms with Crippen molar-refractivity contribution in [2.45, 2.75) is 31.3 Å². The molecule has 174 valence electrons. The molecule has 34 heavy (non-hydrogen) atoms. The summed E-state index contributed by atoms with van der Waals surface area (Å²) in [5, 5.41) is 13.4. The van der Waals surface area contributed by atoms with Gasteiger partial charge in [-0.05, 0) is 41.3 Å². The fraction of sp³-hybridized carbons (Fsp3) is 0.222. The Morgan fingerprint density at radius 2 is 1.65 bits per heavy atom. The van der Waals surface area contributed by atoms with E-state index in [1.165, 1.54) is 0 Å². The zero-order valence-electron chi connectivity index (χ0n) is 19.2. The van der Waals surface area contributed by atoms with E-state index in [4.69, 9.17) is 11.6 Å². The second kappa shape index (κ2) is 11.4. The van der Waals surface area contributed by atoms with Crippen LogP contribution in [0.5, 0.6) is 0 Å². The third kappa shape index (κ3) is 6.07. The number of thioether (sulfide) groups is 1. The molecule has 4 aromatic rings. The van der Waals surface area contributed by atoms with E-state index in [1.54, 1.807) is 11.8 Å². The average Bonchev–Trinajstić information content (AvgIpc) is 3.24. The lowest BCUT2D eigenvalue weighted by molar-refractivity contribution is 0.0949. The standard InChI is InChI=1S/C27H27ClN4OS/c1-19(2)16-29-26(33)22-14-12-21(13-15-22)18-34-27-31-30-25(23-10-6-7-11-24(23)28)32(27)17-20-8-4-3-5-9-20/h3-15,19H,16-18H2,1-2H3,(H,29,33). The second-order valence-electron chi connectivity index (χ2n) is 8.45. The zero-order chi connectivity index (χ0) is 23.9. The summed E-state index contributed by atoms with van der Waals surface area (Å²) in [5.74, 6) is 1.83. The van der Waals surface area contributed by atoms with E-state index in [0.29, 0.717) is 35.3 Å². The van der Waals surface area contributed by atoms with E-state index < -0.39 is 0 Å². The molecular weight excluding hydrogens is 464 g/mol. The molecule has 0 bridgehead atoms. The van der Waals surface area contributed by atoms with E-state index >= 15 is 0 Å². The number of nitrogens with one attached hydrogen (secondary N) is 1. The molecule has 0 fully saturated rings. The van der Waals surface area contributed by atoms with Crippen molar-refractivity contribution in [3.8, 4) is 11.4 Å². The first kappa shape index (κ1) is 24.0. The minimum atomic E-state index is -0.0418. The normalized spacial score (nSPS) is 11.1. The Morgan fingerprint density at radius 1 is 0.941 bits per heavy atom. The van der Waals surface area contributed by atoms with Crippen LogP contribution in [0.15, 0.2) is 84.0 Å². The summed E-state index contributed by atoms with van der Waals surface area (Å²) in [6.07, 6.45) is 0. The maximum atomic E-state index is 12.3. The van der Waals surface area contributed by atoms with Gasteiger partial charge >= 0.3 is 0 Å². The van der Waals surface area contributed by atoms with Crippen molar-refractivity contribution in [1.29, 1.82) is 0 Å². The first-order valence-electron chi connectivity index (χ1n) is 11.2. The molecule has 0 radical (unpaired) electrons. The number of rotatable bonds is 9. The van der Waals surface area contributed by atoms with Gasteiger partial charge in [-0.25, -0.2) is 0 Å². The molecule has 4 rings (SSSR count).